The van der Waals surface area contributed by atoms with Gasteiger partial charge in [0, 0.05) is 22.7 Å². The van der Waals surface area contributed by atoms with Gasteiger partial charge < -0.3 is 14.6 Å². The SMILES string of the molecule is BC1(B)CN(C)CC(B)(B)c2c1[nH]c1cc(OC)ccc21. The van der Waals surface area contributed by atoms with Crippen LogP contribution in [0.1, 0.15) is 11.3 Å². The molecule has 0 atom stereocenters. The predicted octanol–water partition coefficient (Wildman–Crippen LogP) is -2.04. The molecule has 0 radical (unpaired) electrons. The highest BCUT2D eigenvalue weighted by atomic mass is 16.5. The molecule has 0 saturated carbocycles. The van der Waals surface area contributed by atoms with Crippen LogP contribution in [0.2, 0.25) is 0 Å². The van der Waals surface area contributed by atoms with E-state index in [1.807, 2.05) is 0 Å². The van der Waals surface area contributed by atoms with Crippen molar-refractivity contribution < 1.29 is 4.74 Å². The highest BCUT2D eigenvalue weighted by Crippen LogP contribution is 2.38. The summed E-state index contributed by atoms with van der Waals surface area (Å²) in [6.07, 6.45) is 0. The van der Waals surface area contributed by atoms with E-state index in [1.165, 1.54) is 22.2 Å². The molecule has 1 N–H and O–H groups in total. The van der Waals surface area contributed by atoms with Gasteiger partial charge in [0.15, 0.2) is 0 Å². The Morgan fingerprint density at radius 3 is 2.48 bits per heavy atom. The molecular formula is C14H22B4N2O. The summed E-state index contributed by atoms with van der Waals surface area (Å²) in [5.41, 5.74) is 4.03. The molecular weight excluding hydrogens is 255 g/mol. The molecule has 0 amide bonds. The van der Waals surface area contributed by atoms with Gasteiger partial charge in [0.05, 0.1) is 7.11 Å². The first-order valence-electron chi connectivity index (χ1n) is 7.64. The van der Waals surface area contributed by atoms with E-state index in [0.29, 0.717) is 0 Å². The van der Waals surface area contributed by atoms with Gasteiger partial charge in [-0.1, -0.05) is 0 Å². The first-order valence-corrected chi connectivity index (χ1v) is 7.64. The normalized spacial score (nSPS) is 20.9. The minimum Gasteiger partial charge on any atom is -0.497 e. The first kappa shape index (κ1) is 14.7. The zero-order chi connectivity index (χ0) is 15.4. The molecule has 2 heterocycles. The lowest BCUT2D eigenvalue weighted by Crippen LogP contribution is -2.42. The van der Waals surface area contributed by atoms with Crippen LogP contribution in [-0.2, 0) is 10.4 Å². The van der Waals surface area contributed by atoms with Gasteiger partial charge in [-0.3, -0.25) is 0 Å². The van der Waals surface area contributed by atoms with Crippen molar-refractivity contribution in [2.24, 2.45) is 0 Å². The second-order valence-electron chi connectivity index (χ2n) is 7.73. The highest BCUT2D eigenvalue weighted by molar-refractivity contribution is 6.44. The van der Waals surface area contributed by atoms with Crippen LogP contribution in [0.25, 0.3) is 10.9 Å². The number of likely N-dealkylation sites (N-methyl/N-ethyl adjacent to an activating group) is 1. The molecule has 1 aliphatic rings. The van der Waals surface area contributed by atoms with Crippen molar-refractivity contribution in [2.45, 2.75) is 10.4 Å². The summed E-state index contributed by atoms with van der Waals surface area (Å²) < 4.78 is 5.37. The van der Waals surface area contributed by atoms with Crippen LogP contribution in [0.5, 0.6) is 5.75 Å². The van der Waals surface area contributed by atoms with Crippen LogP contribution in [0, 0.1) is 0 Å². The number of fused-ring (bicyclic) bond motifs is 3. The third kappa shape index (κ3) is 2.32. The van der Waals surface area contributed by atoms with Crippen LogP contribution >= 0.6 is 0 Å². The summed E-state index contributed by atoms with van der Waals surface area (Å²) in [7, 11) is 13.3. The van der Waals surface area contributed by atoms with E-state index in [1.54, 1.807) is 7.11 Å². The minimum absolute atomic E-state index is 0.115. The lowest BCUT2D eigenvalue weighted by molar-refractivity contribution is 0.324. The Hall–Kier alpha value is -1.22. The molecule has 21 heavy (non-hydrogen) atoms. The summed E-state index contributed by atoms with van der Waals surface area (Å²) >= 11 is 0. The van der Waals surface area contributed by atoms with E-state index in [4.69, 9.17) is 4.74 Å². The number of aromatic amines is 1. The van der Waals surface area contributed by atoms with Gasteiger partial charge in [-0.15, -0.1) is 0 Å². The number of hydrogen-bond donors (Lipinski definition) is 1. The number of H-pyrrole nitrogens is 1. The molecule has 106 valence electrons. The van der Waals surface area contributed by atoms with Crippen LogP contribution in [0.15, 0.2) is 18.2 Å². The molecule has 1 aliphatic heterocycles. The van der Waals surface area contributed by atoms with Crippen LogP contribution in [0.4, 0.5) is 0 Å². The van der Waals surface area contributed by atoms with Gasteiger partial charge in [0.25, 0.3) is 0 Å². The minimum atomic E-state index is 0.115. The topological polar surface area (TPSA) is 28.3 Å². The number of ether oxygens (including phenoxy) is 1. The highest BCUT2D eigenvalue weighted by Gasteiger charge is 2.38. The molecule has 0 unspecified atom stereocenters. The lowest BCUT2D eigenvalue weighted by atomic mass is 9.47. The molecule has 0 aliphatic carbocycles. The van der Waals surface area contributed by atoms with Crippen molar-refractivity contribution in [3.8, 4) is 5.75 Å². The molecule has 0 spiro atoms. The van der Waals surface area contributed by atoms with E-state index >= 15 is 0 Å². The third-order valence-electron chi connectivity index (χ3n) is 4.69. The molecule has 3 nitrogen and oxygen atoms in total. The maximum absolute atomic E-state index is 5.37. The molecule has 2 aromatic rings. The third-order valence-corrected chi connectivity index (χ3v) is 4.69. The second kappa shape index (κ2) is 4.64. The Morgan fingerprint density at radius 1 is 1.14 bits per heavy atom. The van der Waals surface area contributed by atoms with Gasteiger partial charge in [-0.05, 0) is 48.3 Å². The molecule has 7 heteroatoms. The van der Waals surface area contributed by atoms with Crippen molar-refractivity contribution in [1.82, 2.24) is 9.88 Å². The van der Waals surface area contributed by atoms with E-state index in [-0.39, 0.29) is 10.4 Å². The standard InChI is InChI=1S/C14H22B4N2O/c1-20-6-13(15,16)11-9-4-3-8(21-2)5-10(9)19-12(11)14(17,18)7-20/h3-5,19H,6-7,15-18H2,1-2H3. The fraction of sp³-hybridized carbons (Fsp3) is 0.429. The summed E-state index contributed by atoms with van der Waals surface area (Å²) in [4.78, 5) is 6.14. The molecule has 0 bridgehead atoms. The van der Waals surface area contributed by atoms with Crippen molar-refractivity contribution in [1.29, 1.82) is 0 Å². The Balaban J connectivity index is 2.32. The van der Waals surface area contributed by atoms with E-state index in [0.717, 1.165) is 18.8 Å². The first-order chi connectivity index (χ1) is 9.74. The number of aromatic nitrogens is 1. The molecule has 0 saturated heterocycles. The van der Waals surface area contributed by atoms with Gasteiger partial charge in [-0.2, -0.15) is 0 Å². The zero-order valence-electron chi connectivity index (χ0n) is 14.0. The van der Waals surface area contributed by atoms with Crippen molar-refractivity contribution >= 4 is 42.3 Å². The average molecular weight is 278 g/mol. The quantitative estimate of drug-likeness (QED) is 0.609. The second-order valence-corrected chi connectivity index (χ2v) is 7.73. The van der Waals surface area contributed by atoms with Gasteiger partial charge in [0.2, 0.25) is 0 Å². The zero-order valence-corrected chi connectivity index (χ0v) is 14.0. The Kier molecular flexibility index (Phi) is 3.25. The van der Waals surface area contributed by atoms with Gasteiger partial charge in [-0.25, -0.2) is 0 Å². The molecule has 1 aromatic carbocycles. The summed E-state index contributed by atoms with van der Waals surface area (Å²) in [6.45, 7) is 2.13. The maximum atomic E-state index is 5.37. The van der Waals surface area contributed by atoms with E-state index < -0.39 is 0 Å². The fourth-order valence-electron chi connectivity index (χ4n) is 4.08. The number of rotatable bonds is 1. The number of nitrogens with one attached hydrogen (secondary N) is 1. The number of benzene rings is 1. The van der Waals surface area contributed by atoms with Crippen molar-refractivity contribution in [2.75, 3.05) is 27.2 Å². The lowest BCUT2D eigenvalue weighted by Gasteiger charge is -2.29. The smallest absolute Gasteiger partial charge is 0.120 e. The average Bonchev–Trinajstić information content (AvgIpc) is 2.73. The summed E-state index contributed by atoms with van der Waals surface area (Å²) in [5.74, 6) is 0.909. The number of nitrogens with zero attached hydrogens (tertiary/aromatic N) is 1. The molecule has 3 rings (SSSR count). The van der Waals surface area contributed by atoms with Crippen molar-refractivity contribution in [3.63, 3.8) is 0 Å². The monoisotopic (exact) mass is 278 g/mol. The number of hydrogen-bond acceptors (Lipinski definition) is 2. The molecule has 1 aromatic heterocycles. The molecule has 0 fully saturated rings. The van der Waals surface area contributed by atoms with Crippen LogP contribution in [0.3, 0.4) is 0 Å². The van der Waals surface area contributed by atoms with Crippen LogP contribution in [-0.4, -0.2) is 68.5 Å². The predicted molar refractivity (Wildman–Crippen MR) is 99.9 cm³/mol. The maximum Gasteiger partial charge on any atom is 0.120 e. The fourth-order valence-corrected chi connectivity index (χ4v) is 4.08. The summed E-state index contributed by atoms with van der Waals surface area (Å²) in [5, 5.41) is 1.58. The van der Waals surface area contributed by atoms with Gasteiger partial charge >= 0.3 is 0 Å². The Bertz CT molecular complexity index is 696. The van der Waals surface area contributed by atoms with E-state index in [2.05, 4.69) is 66.5 Å². The Morgan fingerprint density at radius 2 is 1.81 bits per heavy atom. The van der Waals surface area contributed by atoms with E-state index in [9.17, 15) is 0 Å². The van der Waals surface area contributed by atoms with Crippen LogP contribution < -0.4 is 4.74 Å². The Labute approximate surface area is 130 Å². The summed E-state index contributed by atoms with van der Waals surface area (Å²) in [6, 6.07) is 6.38. The van der Waals surface area contributed by atoms with Gasteiger partial charge in [0.1, 0.15) is 37.1 Å². The number of methoxy groups -OCH3 is 1. The largest absolute Gasteiger partial charge is 0.497 e. The van der Waals surface area contributed by atoms with Crippen molar-refractivity contribution in [3.05, 3.63) is 29.5 Å².